The Labute approximate surface area is 104 Å². The van der Waals surface area contributed by atoms with Crippen LogP contribution < -0.4 is 5.11 Å². The molecule has 0 N–H and O–H groups in total. The molecule has 0 unspecified atom stereocenters. The minimum Gasteiger partial charge on any atom is -0.858 e. The first kappa shape index (κ1) is 14.9. The topological polar surface area (TPSA) is 73.9 Å². The van der Waals surface area contributed by atoms with E-state index >= 15 is 0 Å². The SMILES string of the molecule is [C-]#[N+]c1ccc(/C([O-])=N/S(=O)(=O)C(F)(F)F)cc1F. The highest BCUT2D eigenvalue weighted by Crippen LogP contribution is 2.25. The molecule has 1 aromatic rings. The summed E-state index contributed by atoms with van der Waals surface area (Å²) in [5.41, 5.74) is -6.88. The minimum atomic E-state index is -5.98. The van der Waals surface area contributed by atoms with Crippen LogP contribution >= 0.6 is 0 Å². The number of hydrogen-bond acceptors (Lipinski definition) is 3. The van der Waals surface area contributed by atoms with Crippen LogP contribution in [0.15, 0.2) is 22.6 Å². The lowest BCUT2D eigenvalue weighted by molar-refractivity contribution is -0.212. The van der Waals surface area contributed by atoms with Gasteiger partial charge < -0.3 is 5.11 Å². The highest BCUT2D eigenvalue weighted by atomic mass is 32.2. The third-order valence-corrected chi connectivity index (χ3v) is 2.80. The maximum absolute atomic E-state index is 13.1. The molecule has 0 aliphatic carbocycles. The standard InChI is InChI=1S/C9H4F4N2O3S/c1-14-7-3-2-5(4-6(7)10)8(16)15-19(17,18)9(11,12)13/h2-4H,(H,15,16)/p-1. The average Bonchev–Trinajstić information content (AvgIpc) is 2.26. The molecular weight excluding hydrogens is 292 g/mol. The molecule has 0 aliphatic heterocycles. The normalized spacial score (nSPS) is 13.1. The molecule has 0 spiro atoms. The number of nitrogens with zero attached hydrogens (tertiary/aromatic N) is 2. The van der Waals surface area contributed by atoms with Crippen LogP contribution in [0.25, 0.3) is 4.85 Å². The maximum Gasteiger partial charge on any atom is 0.518 e. The zero-order valence-electron chi connectivity index (χ0n) is 8.77. The molecule has 0 aliphatic rings. The molecule has 0 amide bonds. The Hall–Kier alpha value is -2.15. The van der Waals surface area contributed by atoms with Crippen molar-refractivity contribution in [3.63, 3.8) is 0 Å². The van der Waals surface area contributed by atoms with Crippen LogP contribution in [0, 0.1) is 12.4 Å². The van der Waals surface area contributed by atoms with Crippen LogP contribution in [0.5, 0.6) is 0 Å². The van der Waals surface area contributed by atoms with Gasteiger partial charge in [-0.05, 0) is 11.6 Å². The van der Waals surface area contributed by atoms with Crippen LogP contribution in [0.1, 0.15) is 5.56 Å². The summed E-state index contributed by atoms with van der Waals surface area (Å²) in [7, 11) is -5.98. The Bertz CT molecular complexity index is 674. The van der Waals surface area contributed by atoms with Crippen molar-refractivity contribution in [2.24, 2.45) is 4.40 Å². The van der Waals surface area contributed by atoms with Gasteiger partial charge in [-0.15, -0.1) is 0 Å². The summed E-state index contributed by atoms with van der Waals surface area (Å²) in [6.07, 6.45) is 0. The molecule has 0 fully saturated rings. The van der Waals surface area contributed by atoms with Gasteiger partial charge in [0.05, 0.1) is 6.57 Å². The monoisotopic (exact) mass is 295 g/mol. The van der Waals surface area contributed by atoms with Crippen molar-refractivity contribution in [1.82, 2.24) is 0 Å². The average molecular weight is 295 g/mol. The number of rotatable bonds is 2. The van der Waals surface area contributed by atoms with E-state index in [1.54, 1.807) is 0 Å². The van der Waals surface area contributed by atoms with E-state index in [4.69, 9.17) is 6.57 Å². The summed E-state index contributed by atoms with van der Waals surface area (Å²) in [6, 6.07) is 2.06. The zero-order valence-corrected chi connectivity index (χ0v) is 9.59. The summed E-state index contributed by atoms with van der Waals surface area (Å²) < 4.78 is 72.2. The van der Waals surface area contributed by atoms with Crippen molar-refractivity contribution in [3.8, 4) is 0 Å². The van der Waals surface area contributed by atoms with Gasteiger partial charge in [0.2, 0.25) is 5.69 Å². The molecule has 0 atom stereocenters. The summed E-state index contributed by atoms with van der Waals surface area (Å²) in [5, 5.41) is 11.2. The molecule has 102 valence electrons. The largest absolute Gasteiger partial charge is 0.858 e. The molecule has 0 bridgehead atoms. The van der Waals surface area contributed by atoms with Crippen LogP contribution in [-0.2, 0) is 10.0 Å². The Kier molecular flexibility index (Phi) is 3.80. The summed E-state index contributed by atoms with van der Waals surface area (Å²) in [4.78, 5) is 2.72. The fourth-order valence-electron chi connectivity index (χ4n) is 0.944. The number of sulfonamides is 1. The van der Waals surface area contributed by atoms with Crippen LogP contribution in [0.3, 0.4) is 0 Å². The quantitative estimate of drug-likeness (QED) is 0.357. The van der Waals surface area contributed by atoms with Crippen molar-refractivity contribution in [2.75, 3.05) is 0 Å². The van der Waals surface area contributed by atoms with Gasteiger partial charge in [0.1, 0.15) is 5.82 Å². The summed E-state index contributed by atoms with van der Waals surface area (Å²) in [5.74, 6) is -2.94. The Morgan fingerprint density at radius 3 is 2.37 bits per heavy atom. The molecule has 1 aromatic carbocycles. The fourth-order valence-corrected chi connectivity index (χ4v) is 1.37. The Morgan fingerprint density at radius 1 is 1.37 bits per heavy atom. The number of hydrogen-bond donors (Lipinski definition) is 0. The van der Waals surface area contributed by atoms with Gasteiger partial charge in [-0.3, -0.25) is 0 Å². The van der Waals surface area contributed by atoms with Crippen LogP contribution in [-0.4, -0.2) is 19.8 Å². The lowest BCUT2D eigenvalue weighted by Gasteiger charge is -2.12. The molecule has 10 heteroatoms. The molecule has 0 saturated carbocycles. The molecule has 5 nitrogen and oxygen atoms in total. The first-order valence-corrected chi connectivity index (χ1v) is 5.78. The molecule has 0 heterocycles. The third kappa shape index (κ3) is 3.19. The van der Waals surface area contributed by atoms with E-state index in [0.29, 0.717) is 6.07 Å². The molecule has 0 saturated heterocycles. The Morgan fingerprint density at radius 2 is 1.95 bits per heavy atom. The number of halogens is 4. The van der Waals surface area contributed by atoms with Crippen molar-refractivity contribution in [2.45, 2.75) is 5.51 Å². The van der Waals surface area contributed by atoms with Gasteiger partial charge in [0, 0.05) is 5.90 Å². The van der Waals surface area contributed by atoms with Gasteiger partial charge in [0.25, 0.3) is 0 Å². The maximum atomic E-state index is 13.1. The highest BCUT2D eigenvalue weighted by molar-refractivity contribution is 7.91. The molecule has 1 rings (SSSR count). The van der Waals surface area contributed by atoms with E-state index in [1.165, 1.54) is 0 Å². The summed E-state index contributed by atoms with van der Waals surface area (Å²) >= 11 is 0. The van der Waals surface area contributed by atoms with Gasteiger partial charge >= 0.3 is 15.5 Å². The van der Waals surface area contributed by atoms with Gasteiger partial charge in [-0.1, -0.05) is 12.1 Å². The van der Waals surface area contributed by atoms with Crippen molar-refractivity contribution in [1.29, 1.82) is 0 Å². The van der Waals surface area contributed by atoms with E-state index in [9.17, 15) is 31.1 Å². The second-order valence-electron chi connectivity index (χ2n) is 3.10. The molecule has 0 radical (unpaired) electrons. The van der Waals surface area contributed by atoms with Crippen molar-refractivity contribution >= 4 is 21.6 Å². The van der Waals surface area contributed by atoms with Gasteiger partial charge in [-0.2, -0.15) is 26.0 Å². The predicted molar refractivity (Wildman–Crippen MR) is 54.2 cm³/mol. The van der Waals surface area contributed by atoms with Crippen LogP contribution in [0.2, 0.25) is 0 Å². The second kappa shape index (κ2) is 4.85. The van der Waals surface area contributed by atoms with Gasteiger partial charge in [0.15, 0.2) is 0 Å². The third-order valence-electron chi connectivity index (χ3n) is 1.81. The van der Waals surface area contributed by atoms with E-state index in [1.807, 2.05) is 4.40 Å². The van der Waals surface area contributed by atoms with Gasteiger partial charge in [-0.25, -0.2) is 9.24 Å². The second-order valence-corrected chi connectivity index (χ2v) is 4.69. The van der Waals surface area contributed by atoms with E-state index in [0.717, 1.165) is 12.1 Å². The lowest BCUT2D eigenvalue weighted by Crippen LogP contribution is -2.27. The fraction of sp³-hybridized carbons (Fsp3) is 0.111. The minimum absolute atomic E-state index is 0.436. The molecule has 19 heavy (non-hydrogen) atoms. The van der Waals surface area contributed by atoms with E-state index < -0.39 is 38.5 Å². The summed E-state index contributed by atoms with van der Waals surface area (Å²) in [6.45, 7) is 6.52. The van der Waals surface area contributed by atoms with E-state index in [-0.39, 0.29) is 0 Å². The first-order valence-electron chi connectivity index (χ1n) is 4.34. The lowest BCUT2D eigenvalue weighted by atomic mass is 10.2. The van der Waals surface area contributed by atoms with Crippen molar-refractivity contribution in [3.05, 3.63) is 41.0 Å². The highest BCUT2D eigenvalue weighted by Gasteiger charge is 2.45. The predicted octanol–water partition coefficient (Wildman–Crippen LogP) is 1.33. The Balaban J connectivity index is 3.26. The van der Waals surface area contributed by atoms with Crippen molar-refractivity contribution < 1.29 is 31.1 Å². The number of benzene rings is 1. The molecule has 0 aromatic heterocycles. The van der Waals surface area contributed by atoms with E-state index in [2.05, 4.69) is 4.85 Å². The van der Waals surface area contributed by atoms with Crippen LogP contribution in [0.4, 0.5) is 23.2 Å². The molecular formula is C9H3F4N2O3S-. The number of alkyl halides is 3. The smallest absolute Gasteiger partial charge is 0.518 e. The zero-order chi connectivity index (χ0) is 14.8. The first-order chi connectivity index (χ1) is 8.58.